The van der Waals surface area contributed by atoms with Gasteiger partial charge < -0.3 is 19.3 Å². The van der Waals surface area contributed by atoms with Crippen LogP contribution in [0.15, 0.2) is 33.7 Å². The van der Waals surface area contributed by atoms with Crippen molar-refractivity contribution < 1.29 is 32.0 Å². The SMILES string of the molecule is COc1ccc(C(=O)O[C@@H](C)C(=O)Nc2cc(C)on2)cc1S(=O)(=O)NC1CC1. The standard InChI is InChI=1S/C18H21N3O7S/c1-10-8-16(20-28-10)19-17(22)11(2)27-18(23)12-4-7-14(26-3)15(9-12)29(24,25)21-13-5-6-13/h4,7-9,11,13,21H,5-6H2,1-3H3,(H,19,20,22)/t11-/m0/s1. The minimum absolute atomic E-state index is 0.0288. The van der Waals surface area contributed by atoms with E-state index in [2.05, 4.69) is 15.2 Å². The minimum atomic E-state index is -3.86. The third-order valence-corrected chi connectivity index (χ3v) is 5.66. The molecule has 1 atom stereocenters. The van der Waals surface area contributed by atoms with Crippen LogP contribution in [0.25, 0.3) is 0 Å². The number of nitrogens with one attached hydrogen (secondary N) is 2. The van der Waals surface area contributed by atoms with Crippen LogP contribution in [0.4, 0.5) is 5.82 Å². The molecule has 2 N–H and O–H groups in total. The number of carbonyl (C=O) groups is 2. The zero-order valence-corrected chi connectivity index (χ0v) is 16.9. The first kappa shape index (κ1) is 20.8. The first-order chi connectivity index (χ1) is 13.7. The van der Waals surface area contributed by atoms with Crippen LogP contribution in [0.1, 0.15) is 35.9 Å². The van der Waals surface area contributed by atoms with E-state index in [9.17, 15) is 18.0 Å². The van der Waals surface area contributed by atoms with Crippen molar-refractivity contribution in [2.24, 2.45) is 0 Å². The van der Waals surface area contributed by atoms with Gasteiger partial charge in [0, 0.05) is 12.1 Å². The summed E-state index contributed by atoms with van der Waals surface area (Å²) in [4.78, 5) is 24.4. The maximum atomic E-state index is 12.5. The predicted octanol–water partition coefficient (Wildman–Crippen LogP) is 1.62. The molecule has 1 amide bonds. The van der Waals surface area contributed by atoms with Crippen LogP contribution in [0.5, 0.6) is 5.75 Å². The molecular formula is C18H21N3O7S. The van der Waals surface area contributed by atoms with Gasteiger partial charge in [-0.1, -0.05) is 5.16 Å². The lowest BCUT2D eigenvalue weighted by Gasteiger charge is -2.14. The Morgan fingerprint density at radius 1 is 1.28 bits per heavy atom. The number of ether oxygens (including phenoxy) is 2. The molecule has 2 aromatic rings. The molecule has 1 aliphatic rings. The maximum absolute atomic E-state index is 12.5. The second-order valence-electron chi connectivity index (χ2n) is 6.62. The van der Waals surface area contributed by atoms with Gasteiger partial charge in [-0.3, -0.25) is 4.79 Å². The number of esters is 1. The number of carbonyl (C=O) groups excluding carboxylic acids is 2. The molecule has 0 aliphatic heterocycles. The second-order valence-corrected chi connectivity index (χ2v) is 8.30. The fourth-order valence-corrected chi connectivity index (χ4v) is 3.93. The van der Waals surface area contributed by atoms with Gasteiger partial charge in [-0.25, -0.2) is 17.9 Å². The number of sulfonamides is 1. The van der Waals surface area contributed by atoms with Crippen molar-refractivity contribution in [2.75, 3.05) is 12.4 Å². The van der Waals surface area contributed by atoms with Crippen LogP contribution in [0, 0.1) is 6.92 Å². The Morgan fingerprint density at radius 3 is 2.59 bits per heavy atom. The Balaban J connectivity index is 1.72. The van der Waals surface area contributed by atoms with Gasteiger partial charge in [0.15, 0.2) is 11.9 Å². The number of aryl methyl sites for hydroxylation is 1. The van der Waals surface area contributed by atoms with Crippen LogP contribution >= 0.6 is 0 Å². The third-order valence-electron chi connectivity index (χ3n) is 4.12. The highest BCUT2D eigenvalue weighted by atomic mass is 32.2. The lowest BCUT2D eigenvalue weighted by Crippen LogP contribution is -2.30. The number of aromatic nitrogens is 1. The largest absolute Gasteiger partial charge is 0.495 e. The van der Waals surface area contributed by atoms with E-state index in [0.717, 1.165) is 18.9 Å². The number of rotatable bonds is 8. The quantitative estimate of drug-likeness (QED) is 0.611. The first-order valence-corrected chi connectivity index (χ1v) is 10.3. The van der Waals surface area contributed by atoms with Crippen LogP contribution in [0.2, 0.25) is 0 Å². The van der Waals surface area contributed by atoms with Crippen LogP contribution in [-0.2, 0) is 19.6 Å². The van der Waals surface area contributed by atoms with Crippen molar-refractivity contribution >= 4 is 27.7 Å². The Morgan fingerprint density at radius 2 is 2.00 bits per heavy atom. The number of anilines is 1. The normalized spacial score (nSPS) is 14.9. The first-order valence-electron chi connectivity index (χ1n) is 8.85. The molecule has 29 heavy (non-hydrogen) atoms. The van der Waals surface area contributed by atoms with Crippen LogP contribution in [-0.4, -0.2) is 44.7 Å². The molecule has 1 fully saturated rings. The van der Waals surface area contributed by atoms with E-state index >= 15 is 0 Å². The van der Waals surface area contributed by atoms with Gasteiger partial charge in [0.25, 0.3) is 5.91 Å². The van der Waals surface area contributed by atoms with Crippen LogP contribution in [0.3, 0.4) is 0 Å². The van der Waals surface area contributed by atoms with Crippen molar-refractivity contribution in [3.05, 3.63) is 35.6 Å². The monoisotopic (exact) mass is 423 g/mol. The molecule has 0 saturated heterocycles. The summed E-state index contributed by atoms with van der Waals surface area (Å²) in [7, 11) is -2.52. The van der Waals surface area contributed by atoms with Crippen molar-refractivity contribution in [2.45, 2.75) is 43.7 Å². The van der Waals surface area contributed by atoms with E-state index in [1.807, 2.05) is 0 Å². The molecule has 3 rings (SSSR count). The van der Waals surface area contributed by atoms with Gasteiger partial charge in [0.2, 0.25) is 10.0 Å². The molecule has 0 radical (unpaired) electrons. The number of nitrogens with zero attached hydrogens (tertiary/aromatic N) is 1. The van der Waals surface area contributed by atoms with Crippen molar-refractivity contribution in [3.8, 4) is 5.75 Å². The van der Waals surface area contributed by atoms with Crippen molar-refractivity contribution in [1.29, 1.82) is 0 Å². The molecule has 0 bridgehead atoms. The van der Waals surface area contributed by atoms with Gasteiger partial charge in [0.05, 0.1) is 12.7 Å². The summed E-state index contributed by atoms with van der Waals surface area (Å²) in [5.74, 6) is -0.657. The zero-order valence-electron chi connectivity index (χ0n) is 16.1. The minimum Gasteiger partial charge on any atom is -0.495 e. The molecule has 1 heterocycles. The number of hydrogen-bond donors (Lipinski definition) is 2. The molecule has 1 saturated carbocycles. The molecule has 11 heteroatoms. The van der Waals surface area contributed by atoms with E-state index in [0.29, 0.717) is 5.76 Å². The van der Waals surface area contributed by atoms with E-state index in [1.165, 1.54) is 32.2 Å². The van der Waals surface area contributed by atoms with Gasteiger partial charge >= 0.3 is 5.97 Å². The van der Waals surface area contributed by atoms with Gasteiger partial charge in [-0.15, -0.1) is 0 Å². The fourth-order valence-electron chi connectivity index (χ4n) is 2.43. The Bertz CT molecular complexity index is 1030. The Labute approximate surface area is 167 Å². The van der Waals surface area contributed by atoms with Gasteiger partial charge in [-0.05, 0) is 44.9 Å². The number of benzene rings is 1. The second kappa shape index (κ2) is 8.21. The van der Waals surface area contributed by atoms with E-state index in [1.54, 1.807) is 6.92 Å². The summed E-state index contributed by atoms with van der Waals surface area (Å²) in [6.07, 6.45) is 0.383. The van der Waals surface area contributed by atoms with Gasteiger partial charge in [0.1, 0.15) is 16.4 Å². The fraction of sp³-hybridized carbons (Fsp3) is 0.389. The topological polar surface area (TPSA) is 137 Å². The lowest BCUT2D eigenvalue weighted by atomic mass is 10.2. The molecule has 10 nitrogen and oxygen atoms in total. The average molecular weight is 423 g/mol. The Hall–Kier alpha value is -2.92. The van der Waals surface area contributed by atoms with Gasteiger partial charge in [-0.2, -0.15) is 0 Å². The van der Waals surface area contributed by atoms with E-state index in [-0.39, 0.29) is 28.1 Å². The molecule has 1 aliphatic carbocycles. The highest BCUT2D eigenvalue weighted by Gasteiger charge is 2.31. The summed E-state index contributed by atoms with van der Waals surface area (Å²) in [6, 6.07) is 5.30. The zero-order chi connectivity index (χ0) is 21.2. The third kappa shape index (κ3) is 5.12. The van der Waals surface area contributed by atoms with Crippen molar-refractivity contribution in [3.63, 3.8) is 0 Å². The molecule has 1 aromatic heterocycles. The van der Waals surface area contributed by atoms with E-state index in [4.69, 9.17) is 14.0 Å². The molecular weight excluding hydrogens is 402 g/mol. The average Bonchev–Trinajstić information content (AvgIpc) is 3.39. The Kier molecular flexibility index (Phi) is 5.89. The predicted molar refractivity (Wildman–Crippen MR) is 101 cm³/mol. The summed E-state index contributed by atoms with van der Waals surface area (Å²) < 4.78 is 42.7. The summed E-state index contributed by atoms with van der Waals surface area (Å²) in [5, 5.41) is 6.08. The highest BCUT2D eigenvalue weighted by molar-refractivity contribution is 7.89. The summed E-state index contributed by atoms with van der Waals surface area (Å²) in [6.45, 7) is 3.05. The summed E-state index contributed by atoms with van der Waals surface area (Å²) in [5.41, 5.74) is -0.0288. The number of amides is 1. The number of methoxy groups -OCH3 is 1. The maximum Gasteiger partial charge on any atom is 0.338 e. The lowest BCUT2D eigenvalue weighted by molar-refractivity contribution is -0.123. The van der Waals surface area contributed by atoms with Crippen LogP contribution < -0.4 is 14.8 Å². The molecule has 1 aromatic carbocycles. The van der Waals surface area contributed by atoms with E-state index < -0.39 is 28.0 Å². The molecule has 0 spiro atoms. The molecule has 156 valence electrons. The number of hydrogen-bond acceptors (Lipinski definition) is 8. The smallest absolute Gasteiger partial charge is 0.338 e. The summed E-state index contributed by atoms with van der Waals surface area (Å²) >= 11 is 0. The van der Waals surface area contributed by atoms with Crippen molar-refractivity contribution in [1.82, 2.24) is 9.88 Å². The molecule has 0 unspecified atom stereocenters. The highest BCUT2D eigenvalue weighted by Crippen LogP contribution is 2.28.